The fourth-order valence-corrected chi connectivity index (χ4v) is 0.552. The third-order valence-electron chi connectivity index (χ3n) is 1.03. The number of rotatable bonds is 5. The van der Waals surface area contributed by atoms with Crippen LogP contribution in [0.5, 0.6) is 0 Å². The predicted molar refractivity (Wildman–Crippen MR) is 45.2 cm³/mol. The van der Waals surface area contributed by atoms with E-state index in [9.17, 15) is 9.59 Å². The van der Waals surface area contributed by atoms with Crippen molar-refractivity contribution in [2.45, 2.75) is 25.7 Å². The van der Waals surface area contributed by atoms with Crippen molar-refractivity contribution in [1.29, 1.82) is 0 Å². The van der Waals surface area contributed by atoms with Gasteiger partial charge >= 0.3 is 11.9 Å². The van der Waals surface area contributed by atoms with Crippen molar-refractivity contribution in [3.05, 3.63) is 0 Å². The van der Waals surface area contributed by atoms with Crippen LogP contribution >= 0.6 is 0 Å². The first-order chi connectivity index (χ1) is 4.63. The summed E-state index contributed by atoms with van der Waals surface area (Å²) in [7, 11) is 0. The molecule has 6 heteroatoms. The molecule has 0 heterocycles. The second-order valence-corrected chi connectivity index (χ2v) is 1.99. The van der Waals surface area contributed by atoms with E-state index in [1.165, 1.54) is 0 Å². The summed E-state index contributed by atoms with van der Waals surface area (Å²) in [6.07, 6.45) is 1.02. The van der Waals surface area contributed by atoms with Crippen molar-refractivity contribution in [2.24, 2.45) is 0 Å². The molecule has 60 valence electrons. The van der Waals surface area contributed by atoms with Crippen molar-refractivity contribution >= 4 is 71.1 Å². The molecule has 0 aliphatic rings. The van der Waals surface area contributed by atoms with Crippen molar-refractivity contribution in [1.82, 2.24) is 0 Å². The summed E-state index contributed by atoms with van der Waals surface area (Å²) in [5.74, 6) is -1.74. The Morgan fingerprint density at radius 1 is 0.833 bits per heavy atom. The molecule has 0 bridgehead atoms. The van der Waals surface area contributed by atoms with Crippen LogP contribution in [0.3, 0.4) is 0 Å². The Bertz CT molecular complexity index is 122. The molecule has 0 aromatic heterocycles. The van der Waals surface area contributed by atoms with Crippen LogP contribution < -0.4 is 0 Å². The first-order valence-electron chi connectivity index (χ1n) is 3.06. The van der Waals surface area contributed by atoms with Crippen LogP contribution in [0.15, 0.2) is 0 Å². The van der Waals surface area contributed by atoms with Gasteiger partial charge in [-0.3, -0.25) is 9.59 Å². The Kier molecular flexibility index (Phi) is 18.6. The molecule has 0 amide bonds. The van der Waals surface area contributed by atoms with Crippen LogP contribution in [0.4, 0.5) is 0 Å². The van der Waals surface area contributed by atoms with Gasteiger partial charge in [0.2, 0.25) is 0 Å². The van der Waals surface area contributed by atoms with E-state index in [1.54, 1.807) is 0 Å². The van der Waals surface area contributed by atoms with Crippen molar-refractivity contribution in [3.8, 4) is 0 Å². The maximum absolute atomic E-state index is 9.90. The van der Waals surface area contributed by atoms with Crippen LogP contribution in [0.1, 0.15) is 25.7 Å². The zero-order valence-electron chi connectivity index (χ0n) is 7.54. The summed E-state index contributed by atoms with van der Waals surface area (Å²) < 4.78 is 0. The van der Waals surface area contributed by atoms with Crippen LogP contribution in [-0.4, -0.2) is 81.3 Å². The van der Waals surface area contributed by atoms with Crippen LogP contribution in [0, 0.1) is 0 Å². The van der Waals surface area contributed by atoms with E-state index >= 15 is 0 Å². The van der Waals surface area contributed by atoms with Crippen LogP contribution in [0.25, 0.3) is 0 Å². The minimum Gasteiger partial charge on any atom is -0.481 e. The number of aliphatic carboxylic acids is 2. The molecule has 0 atom stereocenters. The molecule has 0 aliphatic carbocycles. The molecular weight excluding hydrogens is 182 g/mol. The fraction of sp³-hybridized carbons (Fsp3) is 0.667. The summed E-state index contributed by atoms with van der Waals surface area (Å²) in [5.41, 5.74) is 0. The molecule has 4 nitrogen and oxygen atoms in total. The normalized spacial score (nSPS) is 7.67. The third-order valence-corrected chi connectivity index (χ3v) is 1.03. The molecule has 0 rings (SSSR count). The Hall–Kier alpha value is 0.940. The van der Waals surface area contributed by atoms with Gasteiger partial charge in [0.1, 0.15) is 0 Å². The van der Waals surface area contributed by atoms with E-state index in [1.807, 2.05) is 0 Å². The maximum Gasteiger partial charge on any atom is 0.303 e. The molecule has 0 aromatic carbocycles. The molecule has 2 N–H and O–H groups in total. The standard InChI is InChI=1S/C6H10O4.2Na/c7-5(8)3-1-2-4-6(9)10;;/h1-4H2,(H,7,8)(H,9,10);;. The van der Waals surface area contributed by atoms with Gasteiger partial charge in [-0.1, -0.05) is 0 Å². The summed E-state index contributed by atoms with van der Waals surface area (Å²) in [5, 5.41) is 16.3. The molecule has 0 saturated heterocycles. The Balaban J connectivity index is -0.000000405. The number of carbonyl (C=O) groups is 2. The molecule has 12 heavy (non-hydrogen) atoms. The second-order valence-electron chi connectivity index (χ2n) is 1.99. The van der Waals surface area contributed by atoms with E-state index in [-0.39, 0.29) is 72.0 Å². The first-order valence-corrected chi connectivity index (χ1v) is 3.06. The molecule has 0 aliphatic heterocycles. The van der Waals surface area contributed by atoms with Crippen molar-refractivity contribution in [2.75, 3.05) is 0 Å². The minimum atomic E-state index is -0.870. The minimum absolute atomic E-state index is 0. The van der Waals surface area contributed by atoms with Gasteiger partial charge in [0.05, 0.1) is 0 Å². The molecule has 2 radical (unpaired) electrons. The second kappa shape index (κ2) is 11.9. The molecule has 0 unspecified atom stereocenters. The van der Waals surface area contributed by atoms with Crippen LogP contribution in [0.2, 0.25) is 0 Å². The third kappa shape index (κ3) is 17.1. The molecule has 0 fully saturated rings. The van der Waals surface area contributed by atoms with Gasteiger partial charge in [-0.05, 0) is 12.8 Å². The zero-order chi connectivity index (χ0) is 7.98. The van der Waals surface area contributed by atoms with Crippen molar-refractivity contribution in [3.63, 3.8) is 0 Å². The van der Waals surface area contributed by atoms with E-state index < -0.39 is 11.9 Å². The molecule has 0 aromatic rings. The van der Waals surface area contributed by atoms with E-state index in [2.05, 4.69) is 0 Å². The average molecular weight is 192 g/mol. The summed E-state index contributed by atoms with van der Waals surface area (Å²) >= 11 is 0. The smallest absolute Gasteiger partial charge is 0.303 e. The first kappa shape index (κ1) is 18.7. The number of carboxylic acid groups (broad SMARTS) is 2. The number of unbranched alkanes of at least 4 members (excludes halogenated alkanes) is 1. The molecule has 0 spiro atoms. The SMILES string of the molecule is O=C(O)CCCCC(=O)O.[Na].[Na]. The van der Waals surface area contributed by atoms with Gasteiger partial charge in [0, 0.05) is 72.0 Å². The Labute approximate surface area is 115 Å². The summed E-state index contributed by atoms with van der Waals surface area (Å²) in [6, 6.07) is 0. The van der Waals surface area contributed by atoms with Gasteiger partial charge in [0.25, 0.3) is 0 Å². The number of hydrogen-bond donors (Lipinski definition) is 2. The Morgan fingerprint density at radius 3 is 1.25 bits per heavy atom. The Morgan fingerprint density at radius 2 is 1.08 bits per heavy atom. The fourth-order valence-electron chi connectivity index (χ4n) is 0.552. The van der Waals surface area contributed by atoms with Crippen molar-refractivity contribution < 1.29 is 19.8 Å². The zero-order valence-corrected chi connectivity index (χ0v) is 11.5. The van der Waals surface area contributed by atoms with E-state index in [0.717, 1.165) is 0 Å². The monoisotopic (exact) mass is 192 g/mol. The quantitative estimate of drug-likeness (QED) is 0.473. The largest absolute Gasteiger partial charge is 0.481 e. The van der Waals surface area contributed by atoms with Gasteiger partial charge in [0.15, 0.2) is 0 Å². The summed E-state index contributed by atoms with van der Waals surface area (Å²) in [4.78, 5) is 19.8. The van der Waals surface area contributed by atoms with Gasteiger partial charge in [-0.15, -0.1) is 0 Å². The molecular formula is C6H10Na2O4. The maximum atomic E-state index is 9.90. The summed E-state index contributed by atoms with van der Waals surface area (Å²) in [6.45, 7) is 0. The van der Waals surface area contributed by atoms with Gasteiger partial charge < -0.3 is 10.2 Å². The van der Waals surface area contributed by atoms with E-state index in [0.29, 0.717) is 12.8 Å². The van der Waals surface area contributed by atoms with Crippen LogP contribution in [-0.2, 0) is 9.59 Å². The van der Waals surface area contributed by atoms with E-state index in [4.69, 9.17) is 10.2 Å². The topological polar surface area (TPSA) is 74.6 Å². The number of carboxylic acids is 2. The average Bonchev–Trinajstić information content (AvgIpc) is 1.79. The van der Waals surface area contributed by atoms with Gasteiger partial charge in [-0.25, -0.2) is 0 Å². The number of hydrogen-bond acceptors (Lipinski definition) is 2. The molecule has 0 saturated carbocycles. The van der Waals surface area contributed by atoms with Gasteiger partial charge in [-0.2, -0.15) is 0 Å². The predicted octanol–water partition coefficient (Wildman–Crippen LogP) is -0.0456.